The third-order valence-electron chi connectivity index (χ3n) is 3.86. The molecule has 1 N–H and O–H groups in total. The fraction of sp³-hybridized carbons (Fsp3) is 0.300. The third-order valence-corrected chi connectivity index (χ3v) is 3.86. The number of ketones is 1. The maximum atomic E-state index is 12.4. The van der Waals surface area contributed by atoms with Crippen molar-refractivity contribution in [1.82, 2.24) is 0 Å². The molecule has 0 aliphatic heterocycles. The number of carboxylic acids is 1. The lowest BCUT2D eigenvalue weighted by atomic mass is 9.86. The predicted molar refractivity (Wildman–Crippen MR) is 91.6 cm³/mol. The Kier molecular flexibility index (Phi) is 4.99. The average molecular weight is 310 g/mol. The number of aliphatic carboxylic acids is 1. The van der Waals surface area contributed by atoms with Gasteiger partial charge in [0, 0.05) is 17.6 Å². The fourth-order valence-corrected chi connectivity index (χ4v) is 2.41. The van der Waals surface area contributed by atoms with Gasteiger partial charge in [-0.15, -0.1) is 0 Å². The van der Waals surface area contributed by atoms with Crippen LogP contribution in [0.15, 0.2) is 59.7 Å². The SMILES string of the molecule is CC(C)(C)c1ccc(C(=O)CC(=CC2=CC=CC2)C(=O)O)cc1. The number of benzene rings is 1. The zero-order chi connectivity index (χ0) is 17.0. The molecule has 0 atom stereocenters. The topological polar surface area (TPSA) is 54.4 Å². The normalized spacial score (nSPS) is 14.7. The molecule has 0 unspecified atom stereocenters. The molecule has 1 aromatic carbocycles. The van der Waals surface area contributed by atoms with E-state index in [9.17, 15) is 14.7 Å². The van der Waals surface area contributed by atoms with Crippen LogP contribution in [0.5, 0.6) is 0 Å². The van der Waals surface area contributed by atoms with Gasteiger partial charge in [-0.2, -0.15) is 0 Å². The van der Waals surface area contributed by atoms with Crippen LogP contribution in [-0.4, -0.2) is 16.9 Å². The van der Waals surface area contributed by atoms with E-state index in [-0.39, 0.29) is 23.2 Å². The van der Waals surface area contributed by atoms with Crippen LogP contribution in [0.1, 0.15) is 49.5 Å². The molecule has 0 amide bonds. The van der Waals surface area contributed by atoms with Gasteiger partial charge < -0.3 is 5.11 Å². The Bertz CT molecular complexity index is 695. The molecule has 0 radical (unpaired) electrons. The molecule has 0 saturated carbocycles. The van der Waals surface area contributed by atoms with E-state index in [4.69, 9.17) is 0 Å². The highest BCUT2D eigenvalue weighted by Gasteiger charge is 2.17. The summed E-state index contributed by atoms with van der Waals surface area (Å²) in [6.07, 6.45) is 7.93. The van der Waals surface area contributed by atoms with Crippen molar-refractivity contribution in [2.75, 3.05) is 0 Å². The van der Waals surface area contributed by atoms with Crippen molar-refractivity contribution in [1.29, 1.82) is 0 Å². The number of carboxylic acid groups (broad SMARTS) is 1. The van der Waals surface area contributed by atoms with Crippen LogP contribution in [0.3, 0.4) is 0 Å². The third kappa shape index (κ3) is 4.52. The molecule has 1 aliphatic carbocycles. The summed E-state index contributed by atoms with van der Waals surface area (Å²) in [7, 11) is 0. The average Bonchev–Trinajstić information content (AvgIpc) is 2.98. The van der Waals surface area contributed by atoms with Crippen LogP contribution in [-0.2, 0) is 10.2 Å². The first-order valence-corrected chi connectivity index (χ1v) is 7.70. The summed E-state index contributed by atoms with van der Waals surface area (Å²) in [6.45, 7) is 6.33. The van der Waals surface area contributed by atoms with Gasteiger partial charge in [0.05, 0.1) is 0 Å². The summed E-state index contributed by atoms with van der Waals surface area (Å²) in [5.41, 5.74) is 2.76. The molecule has 1 aromatic rings. The minimum Gasteiger partial charge on any atom is -0.478 e. The van der Waals surface area contributed by atoms with Gasteiger partial charge in [-0.05, 0) is 29.0 Å². The van der Waals surface area contributed by atoms with Crippen LogP contribution < -0.4 is 0 Å². The standard InChI is InChI=1S/C20H22O3/c1-20(2,3)17-10-8-15(9-11-17)18(21)13-16(19(22)23)12-14-6-4-5-7-14/h4-6,8-12H,7,13H2,1-3H3,(H,22,23). The van der Waals surface area contributed by atoms with Crippen molar-refractivity contribution in [3.8, 4) is 0 Å². The van der Waals surface area contributed by atoms with Gasteiger partial charge in [-0.3, -0.25) is 4.79 Å². The summed E-state index contributed by atoms with van der Waals surface area (Å²) >= 11 is 0. The Morgan fingerprint density at radius 3 is 2.30 bits per heavy atom. The van der Waals surface area contributed by atoms with Crippen molar-refractivity contribution in [3.63, 3.8) is 0 Å². The highest BCUT2D eigenvalue weighted by atomic mass is 16.4. The molecule has 0 spiro atoms. The molecular formula is C20H22O3. The lowest BCUT2D eigenvalue weighted by Gasteiger charge is -2.19. The quantitative estimate of drug-likeness (QED) is 0.645. The predicted octanol–water partition coefficient (Wildman–Crippen LogP) is 4.45. The van der Waals surface area contributed by atoms with E-state index in [0.717, 1.165) is 11.1 Å². The van der Waals surface area contributed by atoms with Gasteiger partial charge in [-0.25, -0.2) is 4.79 Å². The molecule has 0 heterocycles. The minimum absolute atomic E-state index is 0.0235. The maximum absolute atomic E-state index is 12.4. The second-order valence-electron chi connectivity index (χ2n) is 6.78. The Morgan fingerprint density at radius 2 is 1.83 bits per heavy atom. The van der Waals surface area contributed by atoms with E-state index in [1.165, 1.54) is 0 Å². The number of hydrogen-bond donors (Lipinski definition) is 1. The molecule has 0 fully saturated rings. The number of carbonyl (C=O) groups excluding carboxylic acids is 1. The monoisotopic (exact) mass is 310 g/mol. The maximum Gasteiger partial charge on any atom is 0.332 e. The van der Waals surface area contributed by atoms with E-state index in [2.05, 4.69) is 20.8 Å². The fourth-order valence-electron chi connectivity index (χ4n) is 2.41. The molecule has 0 aromatic heterocycles. The first-order chi connectivity index (χ1) is 10.8. The smallest absolute Gasteiger partial charge is 0.332 e. The lowest BCUT2D eigenvalue weighted by Crippen LogP contribution is -2.12. The second kappa shape index (κ2) is 6.78. The zero-order valence-electron chi connectivity index (χ0n) is 13.8. The molecule has 3 heteroatoms. The number of Topliss-reactive ketones (excluding diaryl/α,β-unsaturated/α-hetero) is 1. The second-order valence-corrected chi connectivity index (χ2v) is 6.78. The van der Waals surface area contributed by atoms with Crippen molar-refractivity contribution < 1.29 is 14.7 Å². The van der Waals surface area contributed by atoms with Gasteiger partial charge in [0.2, 0.25) is 0 Å². The van der Waals surface area contributed by atoms with E-state index >= 15 is 0 Å². The molecular weight excluding hydrogens is 288 g/mol. The zero-order valence-corrected chi connectivity index (χ0v) is 13.8. The number of rotatable bonds is 5. The molecule has 2 rings (SSSR count). The van der Waals surface area contributed by atoms with Gasteiger partial charge in [0.1, 0.15) is 0 Å². The van der Waals surface area contributed by atoms with Gasteiger partial charge >= 0.3 is 5.97 Å². The van der Waals surface area contributed by atoms with Crippen LogP contribution in [0.4, 0.5) is 0 Å². The Balaban J connectivity index is 2.14. The highest BCUT2D eigenvalue weighted by Crippen LogP contribution is 2.23. The van der Waals surface area contributed by atoms with Crippen LogP contribution in [0.25, 0.3) is 0 Å². The summed E-state index contributed by atoms with van der Waals surface area (Å²) in [5, 5.41) is 9.31. The highest BCUT2D eigenvalue weighted by molar-refractivity contribution is 6.03. The Hall–Kier alpha value is -2.42. The van der Waals surface area contributed by atoms with Crippen LogP contribution >= 0.6 is 0 Å². The Labute approximate surface area is 137 Å². The van der Waals surface area contributed by atoms with Gasteiger partial charge in [-0.1, -0.05) is 63.3 Å². The van der Waals surface area contributed by atoms with E-state index in [0.29, 0.717) is 12.0 Å². The van der Waals surface area contributed by atoms with Crippen molar-refractivity contribution in [2.24, 2.45) is 0 Å². The van der Waals surface area contributed by atoms with E-state index in [1.807, 2.05) is 30.4 Å². The summed E-state index contributed by atoms with van der Waals surface area (Å²) in [5.74, 6) is -1.22. The van der Waals surface area contributed by atoms with Crippen LogP contribution in [0, 0.1) is 0 Å². The van der Waals surface area contributed by atoms with E-state index in [1.54, 1.807) is 18.2 Å². The first-order valence-electron chi connectivity index (χ1n) is 7.70. The van der Waals surface area contributed by atoms with Crippen molar-refractivity contribution in [2.45, 2.75) is 39.0 Å². The molecule has 0 saturated heterocycles. The number of hydrogen-bond acceptors (Lipinski definition) is 2. The largest absolute Gasteiger partial charge is 0.478 e. The summed E-state index contributed by atoms with van der Waals surface area (Å²) in [4.78, 5) is 23.7. The van der Waals surface area contributed by atoms with Gasteiger partial charge in [0.25, 0.3) is 0 Å². The van der Waals surface area contributed by atoms with Gasteiger partial charge in [0.15, 0.2) is 5.78 Å². The minimum atomic E-state index is -1.04. The lowest BCUT2D eigenvalue weighted by molar-refractivity contribution is -0.132. The molecule has 23 heavy (non-hydrogen) atoms. The molecule has 120 valence electrons. The molecule has 1 aliphatic rings. The number of carbonyl (C=O) groups is 2. The summed E-state index contributed by atoms with van der Waals surface area (Å²) in [6, 6.07) is 7.42. The Morgan fingerprint density at radius 1 is 1.17 bits per heavy atom. The van der Waals surface area contributed by atoms with Crippen molar-refractivity contribution in [3.05, 3.63) is 70.8 Å². The number of allylic oxidation sites excluding steroid dienone is 5. The van der Waals surface area contributed by atoms with Crippen LogP contribution in [0.2, 0.25) is 0 Å². The molecule has 3 nitrogen and oxygen atoms in total. The van der Waals surface area contributed by atoms with Crippen molar-refractivity contribution >= 4 is 11.8 Å². The summed E-state index contributed by atoms with van der Waals surface area (Å²) < 4.78 is 0. The first kappa shape index (κ1) is 16.9. The molecule has 0 bridgehead atoms. The van der Waals surface area contributed by atoms with E-state index < -0.39 is 5.97 Å².